The molecule has 0 unspecified atom stereocenters. The zero-order valence-electron chi connectivity index (χ0n) is 11.2. The number of likely N-dealkylation sites (tertiary alicyclic amines) is 1. The quantitative estimate of drug-likeness (QED) is 0.731. The van der Waals surface area contributed by atoms with E-state index in [-0.39, 0.29) is 6.09 Å². The number of carboxylic acid groups (broad SMARTS) is 1. The molecule has 0 bridgehead atoms. The fourth-order valence-electron chi connectivity index (χ4n) is 1.84. The number of amides is 1. The highest BCUT2D eigenvalue weighted by Gasteiger charge is 2.23. The molecule has 1 aliphatic heterocycles. The number of hydrogen-bond acceptors (Lipinski definition) is 3. The lowest BCUT2D eigenvalue weighted by Crippen LogP contribution is -2.37. The van der Waals surface area contributed by atoms with E-state index in [1.165, 1.54) is 6.08 Å². The number of aliphatic carboxylic acids is 1. The molecule has 1 amide bonds. The first-order valence-electron chi connectivity index (χ1n) is 6.18. The van der Waals surface area contributed by atoms with Gasteiger partial charge in [0.2, 0.25) is 0 Å². The minimum Gasteiger partial charge on any atom is -0.478 e. The van der Waals surface area contributed by atoms with Crippen LogP contribution in [0.4, 0.5) is 4.79 Å². The molecule has 0 atom stereocenters. The average Bonchev–Trinajstić information content (AvgIpc) is 2.39. The van der Waals surface area contributed by atoms with Crippen LogP contribution in [0.5, 0.6) is 0 Å². The molecule has 0 radical (unpaired) electrons. The lowest BCUT2D eigenvalue weighted by atomic mass is 10.1. The first-order valence-corrected chi connectivity index (χ1v) is 6.18. The molecule has 0 aliphatic carbocycles. The minimum absolute atomic E-state index is 0.320. The lowest BCUT2D eigenvalue weighted by molar-refractivity contribution is -0.131. The van der Waals surface area contributed by atoms with Crippen molar-refractivity contribution >= 4 is 12.1 Å². The second-order valence-electron chi connectivity index (χ2n) is 5.46. The van der Waals surface area contributed by atoms with Gasteiger partial charge in [-0.1, -0.05) is 5.57 Å². The van der Waals surface area contributed by atoms with Crippen molar-refractivity contribution in [2.75, 3.05) is 13.1 Å². The van der Waals surface area contributed by atoms with Gasteiger partial charge in [0.15, 0.2) is 0 Å². The summed E-state index contributed by atoms with van der Waals surface area (Å²) >= 11 is 0. The summed E-state index contributed by atoms with van der Waals surface area (Å²) < 4.78 is 5.30. The van der Waals surface area contributed by atoms with E-state index in [4.69, 9.17) is 9.84 Å². The van der Waals surface area contributed by atoms with Crippen LogP contribution in [-0.4, -0.2) is 40.8 Å². The van der Waals surface area contributed by atoms with Crippen molar-refractivity contribution < 1.29 is 19.4 Å². The number of carboxylic acids is 1. The van der Waals surface area contributed by atoms with Crippen molar-refractivity contribution in [3.8, 4) is 0 Å². The normalized spacial score (nSPS) is 19.5. The molecule has 0 saturated carbocycles. The molecule has 0 aromatic heterocycles. The van der Waals surface area contributed by atoms with Gasteiger partial charge in [0.25, 0.3) is 0 Å². The van der Waals surface area contributed by atoms with E-state index >= 15 is 0 Å². The summed E-state index contributed by atoms with van der Waals surface area (Å²) in [5.41, 5.74) is 0.386. The molecular formula is C13H21NO4. The van der Waals surface area contributed by atoms with Gasteiger partial charge in [0.05, 0.1) is 0 Å². The van der Waals surface area contributed by atoms with E-state index in [0.29, 0.717) is 19.5 Å². The highest BCUT2D eigenvalue weighted by molar-refractivity contribution is 5.80. The van der Waals surface area contributed by atoms with Gasteiger partial charge in [-0.15, -0.1) is 0 Å². The number of carbonyl (C=O) groups excluding carboxylic acids is 1. The monoisotopic (exact) mass is 255 g/mol. The SMILES string of the molecule is CC(C)(C)OC(=O)N1CCC/C(=C/C(=O)O)CC1. The van der Waals surface area contributed by atoms with E-state index in [2.05, 4.69) is 0 Å². The van der Waals surface area contributed by atoms with Gasteiger partial charge in [-0.3, -0.25) is 0 Å². The molecule has 0 aromatic carbocycles. The number of rotatable bonds is 1. The maximum Gasteiger partial charge on any atom is 0.410 e. The van der Waals surface area contributed by atoms with Crippen LogP contribution in [0, 0.1) is 0 Å². The molecule has 102 valence electrons. The van der Waals surface area contributed by atoms with E-state index in [0.717, 1.165) is 18.4 Å². The highest BCUT2D eigenvalue weighted by Crippen LogP contribution is 2.18. The van der Waals surface area contributed by atoms with Gasteiger partial charge >= 0.3 is 12.1 Å². The van der Waals surface area contributed by atoms with Crippen LogP contribution < -0.4 is 0 Å². The number of nitrogens with zero attached hydrogens (tertiary/aromatic N) is 1. The van der Waals surface area contributed by atoms with Gasteiger partial charge < -0.3 is 14.7 Å². The zero-order chi connectivity index (χ0) is 13.8. The molecule has 1 fully saturated rings. The Bertz CT molecular complexity index is 354. The van der Waals surface area contributed by atoms with Crippen LogP contribution in [0.25, 0.3) is 0 Å². The summed E-state index contributed by atoms with van der Waals surface area (Å²) in [5.74, 6) is -0.921. The second kappa shape index (κ2) is 5.89. The van der Waals surface area contributed by atoms with Gasteiger partial charge in [-0.05, 0) is 40.0 Å². The molecule has 0 aromatic rings. The molecule has 1 aliphatic rings. The fraction of sp³-hybridized carbons (Fsp3) is 0.692. The summed E-state index contributed by atoms with van der Waals surface area (Å²) in [6.45, 7) is 6.63. The van der Waals surface area contributed by atoms with Gasteiger partial charge in [0.1, 0.15) is 5.60 Å². The number of ether oxygens (including phenoxy) is 1. The number of hydrogen-bond donors (Lipinski definition) is 1. The topological polar surface area (TPSA) is 66.8 Å². The van der Waals surface area contributed by atoms with Crippen LogP contribution in [0.3, 0.4) is 0 Å². The van der Waals surface area contributed by atoms with E-state index in [9.17, 15) is 9.59 Å². The summed E-state index contributed by atoms with van der Waals surface area (Å²) in [5, 5.41) is 8.70. The Balaban J connectivity index is 2.57. The summed E-state index contributed by atoms with van der Waals surface area (Å²) in [4.78, 5) is 24.1. The Morgan fingerprint density at radius 3 is 2.50 bits per heavy atom. The van der Waals surface area contributed by atoms with Gasteiger partial charge in [-0.25, -0.2) is 9.59 Å². The molecule has 1 heterocycles. The lowest BCUT2D eigenvalue weighted by Gasteiger charge is -2.26. The summed E-state index contributed by atoms with van der Waals surface area (Å²) in [7, 11) is 0. The Hall–Kier alpha value is -1.52. The van der Waals surface area contributed by atoms with Crippen molar-refractivity contribution in [1.29, 1.82) is 0 Å². The summed E-state index contributed by atoms with van der Waals surface area (Å²) in [6.07, 6.45) is 3.03. The third-order valence-corrected chi connectivity index (χ3v) is 2.61. The summed E-state index contributed by atoms with van der Waals surface area (Å²) in [6, 6.07) is 0. The second-order valence-corrected chi connectivity index (χ2v) is 5.46. The fourth-order valence-corrected chi connectivity index (χ4v) is 1.84. The standard InChI is InChI=1S/C13H21NO4/c1-13(2,3)18-12(17)14-7-4-5-10(6-8-14)9-11(15)16/h9H,4-8H2,1-3H3,(H,15,16)/b10-9-. The molecule has 5 heteroatoms. The van der Waals surface area contributed by atoms with Crippen molar-refractivity contribution in [3.63, 3.8) is 0 Å². The van der Waals surface area contributed by atoms with E-state index < -0.39 is 11.6 Å². The third kappa shape index (κ3) is 5.21. The van der Waals surface area contributed by atoms with Crippen LogP contribution in [-0.2, 0) is 9.53 Å². The number of carbonyl (C=O) groups is 2. The van der Waals surface area contributed by atoms with Gasteiger partial charge in [0, 0.05) is 19.2 Å². The molecule has 18 heavy (non-hydrogen) atoms. The highest BCUT2D eigenvalue weighted by atomic mass is 16.6. The Labute approximate surface area is 107 Å². The van der Waals surface area contributed by atoms with Crippen molar-refractivity contribution in [2.45, 2.75) is 45.6 Å². The zero-order valence-corrected chi connectivity index (χ0v) is 11.2. The minimum atomic E-state index is -0.921. The predicted molar refractivity (Wildman–Crippen MR) is 67.4 cm³/mol. The maximum atomic E-state index is 11.9. The first kappa shape index (κ1) is 14.5. The molecule has 0 spiro atoms. The Morgan fingerprint density at radius 1 is 1.28 bits per heavy atom. The largest absolute Gasteiger partial charge is 0.478 e. The molecule has 5 nitrogen and oxygen atoms in total. The predicted octanol–water partition coefficient (Wildman–Crippen LogP) is 2.42. The van der Waals surface area contributed by atoms with Crippen molar-refractivity contribution in [2.24, 2.45) is 0 Å². The average molecular weight is 255 g/mol. The van der Waals surface area contributed by atoms with Crippen molar-refractivity contribution in [3.05, 3.63) is 11.6 Å². The smallest absolute Gasteiger partial charge is 0.410 e. The molecule has 1 rings (SSSR count). The Kier molecular flexibility index (Phi) is 4.76. The Morgan fingerprint density at radius 2 is 1.94 bits per heavy atom. The van der Waals surface area contributed by atoms with Crippen LogP contribution in [0.15, 0.2) is 11.6 Å². The maximum absolute atomic E-state index is 11.9. The molecule has 1 saturated heterocycles. The third-order valence-electron chi connectivity index (χ3n) is 2.61. The van der Waals surface area contributed by atoms with Crippen LogP contribution >= 0.6 is 0 Å². The molecular weight excluding hydrogens is 234 g/mol. The van der Waals surface area contributed by atoms with E-state index in [1.54, 1.807) is 4.90 Å². The van der Waals surface area contributed by atoms with Crippen LogP contribution in [0.1, 0.15) is 40.0 Å². The molecule has 1 N–H and O–H groups in total. The van der Waals surface area contributed by atoms with E-state index in [1.807, 2.05) is 20.8 Å². The van der Waals surface area contributed by atoms with Crippen LogP contribution in [0.2, 0.25) is 0 Å². The van der Waals surface area contributed by atoms with Gasteiger partial charge in [-0.2, -0.15) is 0 Å². The first-order chi connectivity index (χ1) is 8.28. The van der Waals surface area contributed by atoms with Crippen molar-refractivity contribution in [1.82, 2.24) is 4.90 Å².